The summed E-state index contributed by atoms with van der Waals surface area (Å²) in [5, 5.41) is 4.86. The third-order valence-corrected chi connectivity index (χ3v) is 11.1. The first-order valence-electron chi connectivity index (χ1n) is 19.6. The molecule has 0 saturated heterocycles. The Bertz CT molecular complexity index is 3120. The highest BCUT2D eigenvalue weighted by molar-refractivity contribution is 6.17. The molecule has 0 spiro atoms. The SMILES string of the molecule is C/C(=N\C(=N/C(C)c1ccccc1)c1ccc(-c2ccccc2)cc1)n1c2ccccc2c2cc(-c3ccc4c(c3)c3ccccc3n4-c3ccccc3)ccc21. The molecule has 4 heteroatoms. The molecule has 4 nitrogen and oxygen atoms in total. The third-order valence-electron chi connectivity index (χ3n) is 11.1. The van der Waals surface area contributed by atoms with Crippen LogP contribution in [0.3, 0.4) is 0 Å². The molecule has 0 fully saturated rings. The van der Waals surface area contributed by atoms with E-state index in [1.54, 1.807) is 0 Å². The maximum absolute atomic E-state index is 5.36. The van der Waals surface area contributed by atoms with E-state index in [0.29, 0.717) is 5.84 Å². The van der Waals surface area contributed by atoms with Crippen LogP contribution in [0.2, 0.25) is 0 Å². The highest BCUT2D eigenvalue weighted by Crippen LogP contribution is 2.37. The van der Waals surface area contributed by atoms with Crippen molar-refractivity contribution in [3.05, 3.63) is 211 Å². The van der Waals surface area contributed by atoms with E-state index in [0.717, 1.165) is 39.2 Å². The maximum atomic E-state index is 5.36. The standard InChI is InChI=1S/C53H40N4/c1-36(38-16-6-3-7-17-38)54-53(41-28-26-40(27-29-41)39-18-8-4-9-19-39)55-37(2)56-49-24-14-12-22-45(49)47-34-42(30-32-51(47)56)43-31-33-52-48(35-43)46-23-13-15-25-50(46)57(52)44-20-10-5-11-21-44/h3-36H,1-2H3/b54-53-,55-37+. The summed E-state index contributed by atoms with van der Waals surface area (Å²) >= 11 is 0. The Morgan fingerprint density at radius 3 is 1.60 bits per heavy atom. The van der Waals surface area contributed by atoms with Crippen LogP contribution in [-0.2, 0) is 0 Å². The second-order valence-corrected chi connectivity index (χ2v) is 14.6. The van der Waals surface area contributed by atoms with Crippen LogP contribution in [-0.4, -0.2) is 20.8 Å². The lowest BCUT2D eigenvalue weighted by molar-refractivity contribution is 0.818. The van der Waals surface area contributed by atoms with E-state index in [1.165, 1.54) is 49.3 Å². The van der Waals surface area contributed by atoms with Crippen molar-refractivity contribution in [1.82, 2.24) is 9.13 Å². The zero-order chi connectivity index (χ0) is 38.3. The van der Waals surface area contributed by atoms with Crippen molar-refractivity contribution < 1.29 is 0 Å². The lowest BCUT2D eigenvalue weighted by atomic mass is 10.0. The number of hydrogen-bond donors (Lipinski definition) is 0. The number of aliphatic imine (C=N–C) groups is 2. The first-order valence-corrected chi connectivity index (χ1v) is 19.6. The Labute approximate surface area is 332 Å². The van der Waals surface area contributed by atoms with Crippen molar-refractivity contribution in [2.75, 3.05) is 0 Å². The van der Waals surface area contributed by atoms with Gasteiger partial charge in [0.25, 0.3) is 0 Å². The molecular weight excluding hydrogens is 693 g/mol. The van der Waals surface area contributed by atoms with Crippen LogP contribution >= 0.6 is 0 Å². The summed E-state index contributed by atoms with van der Waals surface area (Å²) in [6.45, 7) is 4.23. The van der Waals surface area contributed by atoms with Crippen LogP contribution in [0.15, 0.2) is 210 Å². The molecule has 0 bridgehead atoms. The Hall–Kier alpha value is -7.30. The summed E-state index contributed by atoms with van der Waals surface area (Å²) in [4.78, 5) is 10.6. The van der Waals surface area contributed by atoms with Crippen LogP contribution < -0.4 is 0 Å². The number of nitrogens with zero attached hydrogens (tertiary/aromatic N) is 4. The number of benzene rings is 8. The van der Waals surface area contributed by atoms with Crippen LogP contribution in [0, 0.1) is 0 Å². The van der Waals surface area contributed by atoms with Gasteiger partial charge in [0, 0.05) is 32.8 Å². The van der Waals surface area contributed by atoms with E-state index in [2.05, 4.69) is 211 Å². The van der Waals surface area contributed by atoms with Crippen molar-refractivity contribution in [3.63, 3.8) is 0 Å². The van der Waals surface area contributed by atoms with E-state index in [4.69, 9.17) is 9.98 Å². The van der Waals surface area contributed by atoms with Crippen molar-refractivity contribution in [3.8, 4) is 27.9 Å². The number of hydrogen-bond acceptors (Lipinski definition) is 1. The molecule has 2 aromatic heterocycles. The number of amidine groups is 1. The third kappa shape index (κ3) is 6.22. The van der Waals surface area contributed by atoms with Gasteiger partial charge >= 0.3 is 0 Å². The van der Waals surface area contributed by atoms with Gasteiger partial charge in [0.2, 0.25) is 0 Å². The lowest BCUT2D eigenvalue weighted by Gasteiger charge is -2.13. The number of rotatable bonds is 6. The molecule has 272 valence electrons. The molecule has 0 amide bonds. The average Bonchev–Trinajstić information content (AvgIpc) is 3.79. The molecule has 57 heavy (non-hydrogen) atoms. The van der Waals surface area contributed by atoms with Gasteiger partial charge in [-0.2, -0.15) is 0 Å². The minimum absolute atomic E-state index is 0.0775. The second-order valence-electron chi connectivity index (χ2n) is 14.6. The molecule has 0 radical (unpaired) electrons. The zero-order valence-electron chi connectivity index (χ0n) is 31.9. The Morgan fingerprint density at radius 2 is 0.912 bits per heavy atom. The summed E-state index contributed by atoms with van der Waals surface area (Å²) in [6, 6.07) is 71.1. The highest BCUT2D eigenvalue weighted by Gasteiger charge is 2.17. The Balaban J connectivity index is 1.09. The monoisotopic (exact) mass is 732 g/mol. The smallest absolute Gasteiger partial charge is 0.157 e. The summed E-state index contributed by atoms with van der Waals surface area (Å²) in [5.74, 6) is 1.56. The quantitative estimate of drug-likeness (QED) is 0.121. The fraction of sp³-hybridized carbons (Fsp3) is 0.0566. The van der Waals surface area contributed by atoms with Gasteiger partial charge in [-0.15, -0.1) is 0 Å². The van der Waals surface area contributed by atoms with Crippen molar-refractivity contribution in [2.45, 2.75) is 19.9 Å². The van der Waals surface area contributed by atoms with Gasteiger partial charge in [0.1, 0.15) is 5.84 Å². The summed E-state index contributed by atoms with van der Waals surface area (Å²) in [7, 11) is 0. The van der Waals surface area contributed by atoms with Crippen LogP contribution in [0.25, 0.3) is 71.6 Å². The van der Waals surface area contributed by atoms with Crippen LogP contribution in [0.4, 0.5) is 0 Å². The van der Waals surface area contributed by atoms with E-state index in [9.17, 15) is 0 Å². The van der Waals surface area contributed by atoms with Crippen molar-refractivity contribution >= 4 is 55.3 Å². The summed E-state index contributed by atoms with van der Waals surface area (Å²) < 4.78 is 4.65. The minimum atomic E-state index is -0.0775. The first-order chi connectivity index (χ1) is 28.1. The van der Waals surface area contributed by atoms with Gasteiger partial charge in [-0.05, 0) is 90.2 Å². The predicted octanol–water partition coefficient (Wildman–Crippen LogP) is 13.7. The minimum Gasteiger partial charge on any atom is -0.309 e. The van der Waals surface area contributed by atoms with E-state index < -0.39 is 0 Å². The van der Waals surface area contributed by atoms with E-state index in [-0.39, 0.29) is 6.04 Å². The zero-order valence-corrected chi connectivity index (χ0v) is 31.9. The fourth-order valence-electron chi connectivity index (χ4n) is 8.31. The predicted molar refractivity (Wildman–Crippen MR) is 241 cm³/mol. The molecule has 0 saturated carbocycles. The summed E-state index contributed by atoms with van der Waals surface area (Å²) in [6.07, 6.45) is 0. The molecular formula is C53H40N4. The Morgan fingerprint density at radius 1 is 0.439 bits per heavy atom. The summed E-state index contributed by atoms with van der Waals surface area (Å²) in [5.41, 5.74) is 12.6. The molecule has 10 rings (SSSR count). The normalized spacial score (nSPS) is 12.9. The van der Waals surface area contributed by atoms with Crippen LogP contribution in [0.1, 0.15) is 31.0 Å². The maximum Gasteiger partial charge on any atom is 0.157 e. The fourth-order valence-corrected chi connectivity index (χ4v) is 8.31. The number of aromatic nitrogens is 2. The van der Waals surface area contributed by atoms with Gasteiger partial charge in [-0.25, -0.2) is 4.99 Å². The van der Waals surface area contributed by atoms with Crippen LogP contribution in [0.5, 0.6) is 0 Å². The Kier molecular flexibility index (Phi) is 8.65. The second kappa shape index (κ2) is 14.4. The number of para-hydroxylation sites is 3. The van der Waals surface area contributed by atoms with Gasteiger partial charge in [0.15, 0.2) is 5.84 Å². The largest absolute Gasteiger partial charge is 0.309 e. The van der Waals surface area contributed by atoms with Gasteiger partial charge in [-0.1, -0.05) is 152 Å². The van der Waals surface area contributed by atoms with E-state index >= 15 is 0 Å². The molecule has 0 N–H and O–H groups in total. The average molecular weight is 733 g/mol. The highest BCUT2D eigenvalue weighted by atomic mass is 15.1. The molecule has 2 heterocycles. The number of fused-ring (bicyclic) bond motifs is 6. The molecule has 0 aliphatic carbocycles. The van der Waals surface area contributed by atoms with Gasteiger partial charge in [-0.3, -0.25) is 9.56 Å². The lowest BCUT2D eigenvalue weighted by Crippen LogP contribution is -2.12. The topological polar surface area (TPSA) is 34.6 Å². The van der Waals surface area contributed by atoms with Crippen molar-refractivity contribution in [1.29, 1.82) is 0 Å². The molecule has 1 atom stereocenters. The first kappa shape index (κ1) is 34.2. The molecule has 1 unspecified atom stereocenters. The molecule has 0 aliphatic rings. The molecule has 8 aromatic carbocycles. The molecule has 0 aliphatic heterocycles. The van der Waals surface area contributed by atoms with Gasteiger partial charge < -0.3 is 4.57 Å². The van der Waals surface area contributed by atoms with E-state index in [1.807, 2.05) is 12.1 Å². The van der Waals surface area contributed by atoms with Crippen molar-refractivity contribution in [2.24, 2.45) is 9.98 Å². The van der Waals surface area contributed by atoms with Gasteiger partial charge in [0.05, 0.1) is 28.1 Å². The molecule has 10 aromatic rings.